The van der Waals surface area contributed by atoms with E-state index in [0.29, 0.717) is 36.5 Å². The van der Waals surface area contributed by atoms with Crippen LogP contribution in [0.15, 0.2) is 61.1 Å². The number of primary amides is 1. The normalized spacial score (nSPS) is 11.1. The number of anilines is 2. The van der Waals surface area contributed by atoms with Crippen LogP contribution in [0.4, 0.5) is 24.7 Å². The van der Waals surface area contributed by atoms with Gasteiger partial charge in [-0.2, -0.15) is 0 Å². The SMILES string of the molecule is B=C(Nc1ccc(C(F)(F)F)cc1)Nc1[nH]c(Cc2ccc(C(=O)NCCc3c[nH]cn3)cc2)nc1C(N)=O. The summed E-state index contributed by atoms with van der Waals surface area (Å²) in [4.78, 5) is 38.5. The zero-order valence-corrected chi connectivity index (χ0v) is 20.5. The van der Waals surface area contributed by atoms with Crippen molar-refractivity contribution in [3.05, 3.63) is 95.0 Å². The van der Waals surface area contributed by atoms with Crippen LogP contribution >= 0.6 is 0 Å². The van der Waals surface area contributed by atoms with Crippen molar-refractivity contribution in [3.63, 3.8) is 0 Å². The molecule has 0 aliphatic heterocycles. The van der Waals surface area contributed by atoms with Crippen molar-refractivity contribution in [2.45, 2.75) is 19.0 Å². The van der Waals surface area contributed by atoms with E-state index in [0.717, 1.165) is 23.4 Å². The second-order valence-corrected chi connectivity index (χ2v) is 8.52. The van der Waals surface area contributed by atoms with Crippen LogP contribution in [0.5, 0.6) is 0 Å². The van der Waals surface area contributed by atoms with Gasteiger partial charge in [0, 0.05) is 19.2 Å². The Morgan fingerprint density at radius 2 is 1.74 bits per heavy atom. The standard InChI is InChI=1S/C25H24BF3N8O2/c26-24(34-17-7-5-16(6-8-17)25(27,28)29)37-22-20(21(30)38)35-19(36-22)11-14-1-3-15(4-2-14)23(39)32-10-9-18-12-31-13-33-18/h1-8,12-13,26,34,37H,9-11H2,(H2,30,38)(H,31,33)(H,32,39)(H,35,36). The van der Waals surface area contributed by atoms with Crippen LogP contribution in [0.3, 0.4) is 0 Å². The van der Waals surface area contributed by atoms with Crippen LogP contribution in [0.25, 0.3) is 0 Å². The van der Waals surface area contributed by atoms with E-state index in [1.807, 2.05) is 0 Å². The predicted octanol–water partition coefficient (Wildman–Crippen LogP) is 2.33. The first-order chi connectivity index (χ1) is 18.6. The molecule has 0 unspecified atom stereocenters. The summed E-state index contributed by atoms with van der Waals surface area (Å²) >= 11 is 0. The number of aromatic amines is 2. The van der Waals surface area contributed by atoms with Crippen LogP contribution < -0.4 is 21.7 Å². The van der Waals surface area contributed by atoms with Gasteiger partial charge in [0.15, 0.2) is 0 Å². The van der Waals surface area contributed by atoms with Crippen molar-refractivity contribution in [1.29, 1.82) is 0 Å². The molecule has 200 valence electrons. The predicted molar refractivity (Wildman–Crippen MR) is 142 cm³/mol. The van der Waals surface area contributed by atoms with Crippen molar-refractivity contribution < 1.29 is 22.8 Å². The Labute approximate surface area is 221 Å². The van der Waals surface area contributed by atoms with Crippen LogP contribution in [0.2, 0.25) is 0 Å². The Bertz CT molecular complexity index is 1450. The van der Waals surface area contributed by atoms with Gasteiger partial charge in [-0.25, -0.2) is 4.98 Å². The maximum absolute atomic E-state index is 12.8. The van der Waals surface area contributed by atoms with E-state index in [4.69, 9.17) is 5.73 Å². The number of imidazole rings is 2. The second kappa shape index (κ2) is 11.7. The number of hydrogen-bond acceptors (Lipinski definition) is 6. The molecule has 0 radical (unpaired) electrons. The molecule has 0 atom stereocenters. The quantitative estimate of drug-likeness (QED) is 0.162. The number of carbonyl (C=O) groups is 2. The molecular weight excluding hydrogens is 512 g/mol. The third kappa shape index (κ3) is 7.34. The Morgan fingerprint density at radius 3 is 2.36 bits per heavy atom. The number of nitrogens with two attached hydrogens (primary N) is 1. The minimum absolute atomic E-state index is 0.0618. The molecule has 39 heavy (non-hydrogen) atoms. The topological polar surface area (TPSA) is 154 Å². The first kappa shape index (κ1) is 27.2. The summed E-state index contributed by atoms with van der Waals surface area (Å²) in [5, 5.41) is 8.50. The van der Waals surface area contributed by atoms with Gasteiger partial charge in [-0.3, -0.25) is 0 Å². The van der Waals surface area contributed by atoms with E-state index in [1.54, 1.807) is 36.8 Å². The molecule has 0 bridgehead atoms. The number of amides is 2. The Morgan fingerprint density at radius 1 is 1.03 bits per heavy atom. The summed E-state index contributed by atoms with van der Waals surface area (Å²) in [6.45, 7) is 0.447. The van der Waals surface area contributed by atoms with Crippen molar-refractivity contribution in [1.82, 2.24) is 25.3 Å². The van der Waals surface area contributed by atoms with Crippen molar-refractivity contribution in [2.75, 3.05) is 17.2 Å². The first-order valence-corrected chi connectivity index (χ1v) is 11.7. The maximum atomic E-state index is 12.8. The molecular formula is C25H24BF3N8O2. The molecule has 0 aliphatic rings. The molecule has 0 spiro atoms. The molecule has 4 aromatic rings. The zero-order chi connectivity index (χ0) is 28.0. The molecule has 7 N–H and O–H groups in total. The minimum atomic E-state index is -4.44. The number of nitrogens with zero attached hydrogens (tertiary/aromatic N) is 2. The summed E-state index contributed by atoms with van der Waals surface area (Å²) in [7, 11) is 3.78. The van der Waals surface area contributed by atoms with E-state index in [2.05, 4.69) is 43.4 Å². The van der Waals surface area contributed by atoms with E-state index >= 15 is 0 Å². The molecule has 4 rings (SSSR count). The average molecular weight is 536 g/mol. The first-order valence-electron chi connectivity index (χ1n) is 11.7. The number of hydrogen-bond donors (Lipinski definition) is 6. The Hall–Kier alpha value is -4.88. The number of benzene rings is 2. The number of rotatable bonds is 11. The van der Waals surface area contributed by atoms with Gasteiger partial charge in [0.2, 0.25) is 0 Å². The fourth-order valence-electron chi connectivity index (χ4n) is 3.67. The third-order valence-electron chi connectivity index (χ3n) is 5.58. The fourth-order valence-corrected chi connectivity index (χ4v) is 3.67. The van der Waals surface area contributed by atoms with Crippen LogP contribution in [0.1, 0.15) is 43.5 Å². The van der Waals surface area contributed by atoms with Crippen molar-refractivity contribution in [3.8, 4) is 0 Å². The van der Waals surface area contributed by atoms with Gasteiger partial charge in [0.25, 0.3) is 0 Å². The van der Waals surface area contributed by atoms with E-state index in [9.17, 15) is 22.8 Å². The van der Waals surface area contributed by atoms with Crippen LogP contribution in [-0.4, -0.2) is 51.5 Å². The van der Waals surface area contributed by atoms with Crippen molar-refractivity contribution in [2.24, 2.45) is 5.73 Å². The van der Waals surface area contributed by atoms with E-state index in [1.165, 1.54) is 12.1 Å². The van der Waals surface area contributed by atoms with Gasteiger partial charge in [0.05, 0.1) is 12.0 Å². The summed E-state index contributed by atoms with van der Waals surface area (Å²) in [6.07, 6.45) is -0.175. The summed E-state index contributed by atoms with van der Waals surface area (Å²) in [5.74, 6) is -0.402. The fraction of sp³-hybridized carbons (Fsp3) is 0.160. The molecule has 0 aliphatic carbocycles. The number of H-pyrrole nitrogens is 2. The van der Waals surface area contributed by atoms with Crippen LogP contribution in [-0.2, 0) is 19.0 Å². The third-order valence-corrected chi connectivity index (χ3v) is 5.58. The summed E-state index contributed by atoms with van der Waals surface area (Å²) in [5.41, 5.74) is 7.32. The Kier molecular flexibility index (Phi) is 8.13. The van der Waals surface area contributed by atoms with Gasteiger partial charge in [-0.15, -0.1) is 0 Å². The molecule has 2 amide bonds. The molecule has 14 heteroatoms. The average Bonchev–Trinajstić information content (AvgIpc) is 3.54. The number of halogens is 3. The number of carbonyl (C=O) groups excluding carboxylic acids is 2. The number of nitrogens with one attached hydrogen (secondary N) is 5. The summed E-state index contributed by atoms with van der Waals surface area (Å²) in [6, 6.07) is 11.3. The van der Waals surface area contributed by atoms with Gasteiger partial charge in [-0.05, 0) is 0 Å². The monoisotopic (exact) mass is 536 g/mol. The molecule has 0 saturated carbocycles. The van der Waals surface area contributed by atoms with Gasteiger partial charge < -0.3 is 4.98 Å². The van der Waals surface area contributed by atoms with E-state index < -0.39 is 17.6 Å². The summed E-state index contributed by atoms with van der Waals surface area (Å²) < 4.78 is 38.3. The molecule has 0 fully saturated rings. The molecule has 10 nitrogen and oxygen atoms in total. The zero-order valence-electron chi connectivity index (χ0n) is 20.5. The molecule has 2 aromatic heterocycles. The Balaban J connectivity index is 1.35. The van der Waals surface area contributed by atoms with Gasteiger partial charge in [0.1, 0.15) is 0 Å². The van der Waals surface area contributed by atoms with Gasteiger partial charge >= 0.3 is 180 Å². The van der Waals surface area contributed by atoms with Crippen molar-refractivity contribution >= 4 is 36.5 Å². The number of alkyl halides is 3. The second-order valence-electron chi connectivity index (χ2n) is 8.52. The molecule has 2 heterocycles. The van der Waals surface area contributed by atoms with E-state index in [-0.39, 0.29) is 23.1 Å². The van der Waals surface area contributed by atoms with Gasteiger partial charge in [-0.1, -0.05) is 0 Å². The molecule has 0 saturated heterocycles. The molecule has 2 aromatic carbocycles. The number of aromatic nitrogens is 4. The van der Waals surface area contributed by atoms with Crippen LogP contribution in [0, 0.1) is 0 Å².